The molecule has 0 aromatic carbocycles. The lowest BCUT2D eigenvalue weighted by molar-refractivity contribution is 0.113. The normalized spacial score (nSPS) is 30.8. The lowest BCUT2D eigenvalue weighted by atomic mass is 10.1. The summed E-state index contributed by atoms with van der Waals surface area (Å²) in [6.45, 7) is 0.754. The molecule has 2 aliphatic rings. The van der Waals surface area contributed by atoms with E-state index < -0.39 is 0 Å². The third-order valence-electron chi connectivity index (χ3n) is 2.59. The summed E-state index contributed by atoms with van der Waals surface area (Å²) >= 11 is 1.89. The Labute approximate surface area is 83.4 Å². The Hall–Kier alpha value is -0.150. The van der Waals surface area contributed by atoms with Gasteiger partial charge in [0, 0.05) is 11.7 Å². The van der Waals surface area contributed by atoms with Crippen LogP contribution in [-0.2, 0) is 4.74 Å². The van der Waals surface area contributed by atoms with Gasteiger partial charge in [0.2, 0.25) is 0 Å². The van der Waals surface area contributed by atoms with Gasteiger partial charge in [-0.2, -0.15) is 11.8 Å². The van der Waals surface area contributed by atoms with Crippen LogP contribution < -0.4 is 0 Å². The molecule has 0 aliphatic carbocycles. The second-order valence-corrected chi connectivity index (χ2v) is 4.94. The molecule has 0 radical (unpaired) electrons. The molecule has 0 spiro atoms. The van der Waals surface area contributed by atoms with E-state index in [1.54, 1.807) is 0 Å². The zero-order chi connectivity index (χ0) is 9.10. The summed E-state index contributed by atoms with van der Waals surface area (Å²) in [5.41, 5.74) is 0. The quantitative estimate of drug-likeness (QED) is 0.738. The highest BCUT2D eigenvalue weighted by Crippen LogP contribution is 2.31. The first-order valence-electron chi connectivity index (χ1n) is 5.00. The van der Waals surface area contributed by atoms with E-state index in [4.69, 9.17) is 4.74 Å². The average Bonchev–Trinajstić information content (AvgIpc) is 2.71. The molecule has 2 atom stereocenters. The SMILES string of the molecule is OC(C1=CCCO1)C1CCCCS1. The molecule has 74 valence electrons. The number of rotatable bonds is 2. The zero-order valence-corrected chi connectivity index (χ0v) is 8.55. The topological polar surface area (TPSA) is 29.5 Å². The van der Waals surface area contributed by atoms with Crippen molar-refractivity contribution in [3.63, 3.8) is 0 Å². The van der Waals surface area contributed by atoms with Crippen LogP contribution >= 0.6 is 11.8 Å². The minimum Gasteiger partial charge on any atom is -0.495 e. The Morgan fingerprint density at radius 3 is 3.08 bits per heavy atom. The van der Waals surface area contributed by atoms with E-state index in [1.807, 2.05) is 17.8 Å². The van der Waals surface area contributed by atoms with E-state index in [1.165, 1.54) is 18.6 Å². The summed E-state index contributed by atoms with van der Waals surface area (Å²) in [5.74, 6) is 2.01. The van der Waals surface area contributed by atoms with Crippen LogP contribution in [0.15, 0.2) is 11.8 Å². The van der Waals surface area contributed by atoms with Crippen LogP contribution in [0.3, 0.4) is 0 Å². The van der Waals surface area contributed by atoms with Gasteiger partial charge in [0.05, 0.1) is 6.61 Å². The molecule has 2 unspecified atom stereocenters. The number of thioether (sulfide) groups is 1. The van der Waals surface area contributed by atoms with Crippen LogP contribution in [0.2, 0.25) is 0 Å². The predicted molar refractivity (Wildman–Crippen MR) is 54.8 cm³/mol. The Morgan fingerprint density at radius 2 is 2.46 bits per heavy atom. The number of hydrogen-bond acceptors (Lipinski definition) is 3. The van der Waals surface area contributed by atoms with Crippen LogP contribution in [0.4, 0.5) is 0 Å². The van der Waals surface area contributed by atoms with Crippen molar-refractivity contribution in [1.82, 2.24) is 0 Å². The van der Waals surface area contributed by atoms with Crippen LogP contribution in [0.1, 0.15) is 25.7 Å². The standard InChI is InChI=1S/C10H16O2S/c11-10(8-4-3-6-12-8)9-5-1-2-7-13-9/h4,9-11H,1-3,5-7H2. The molecule has 0 aromatic heterocycles. The van der Waals surface area contributed by atoms with Crippen LogP contribution in [0.5, 0.6) is 0 Å². The maximum absolute atomic E-state index is 9.96. The maximum atomic E-state index is 9.96. The molecule has 1 N–H and O–H groups in total. The van der Waals surface area contributed by atoms with Crippen molar-refractivity contribution in [2.75, 3.05) is 12.4 Å². The summed E-state index contributed by atoms with van der Waals surface area (Å²) < 4.78 is 5.37. The molecule has 2 nitrogen and oxygen atoms in total. The van der Waals surface area contributed by atoms with Crippen molar-refractivity contribution >= 4 is 11.8 Å². The van der Waals surface area contributed by atoms with Crippen molar-refractivity contribution in [3.8, 4) is 0 Å². The highest BCUT2D eigenvalue weighted by atomic mass is 32.2. The van der Waals surface area contributed by atoms with Crippen molar-refractivity contribution in [2.24, 2.45) is 0 Å². The third kappa shape index (κ3) is 2.20. The molecule has 0 bridgehead atoms. The highest BCUT2D eigenvalue weighted by Gasteiger charge is 2.27. The Balaban J connectivity index is 1.90. The van der Waals surface area contributed by atoms with E-state index in [9.17, 15) is 5.11 Å². The first kappa shape index (κ1) is 9.41. The first-order valence-corrected chi connectivity index (χ1v) is 6.05. The van der Waals surface area contributed by atoms with Gasteiger partial charge in [-0.3, -0.25) is 0 Å². The predicted octanol–water partition coefficient (Wildman–Crippen LogP) is 1.94. The molecule has 2 heterocycles. The summed E-state index contributed by atoms with van der Waals surface area (Å²) in [7, 11) is 0. The van der Waals surface area contributed by atoms with E-state index in [-0.39, 0.29) is 6.10 Å². The molecule has 0 aromatic rings. The van der Waals surface area contributed by atoms with Gasteiger partial charge in [-0.15, -0.1) is 0 Å². The fraction of sp³-hybridized carbons (Fsp3) is 0.800. The van der Waals surface area contributed by atoms with Crippen molar-refractivity contribution in [2.45, 2.75) is 37.0 Å². The average molecular weight is 200 g/mol. The van der Waals surface area contributed by atoms with E-state index in [0.717, 1.165) is 25.2 Å². The van der Waals surface area contributed by atoms with Gasteiger partial charge in [-0.25, -0.2) is 0 Å². The van der Waals surface area contributed by atoms with Crippen LogP contribution in [0, 0.1) is 0 Å². The molecule has 1 fully saturated rings. The molecule has 2 aliphatic heterocycles. The van der Waals surface area contributed by atoms with Gasteiger partial charge in [0.1, 0.15) is 11.9 Å². The summed E-state index contributed by atoms with van der Waals surface area (Å²) in [5, 5.41) is 10.3. The first-order chi connectivity index (χ1) is 6.38. The Kier molecular flexibility index (Phi) is 3.17. The van der Waals surface area contributed by atoms with Gasteiger partial charge in [0.15, 0.2) is 0 Å². The summed E-state index contributed by atoms with van der Waals surface area (Å²) in [6.07, 6.45) is 6.32. The molecule has 13 heavy (non-hydrogen) atoms. The largest absolute Gasteiger partial charge is 0.495 e. The lowest BCUT2D eigenvalue weighted by Gasteiger charge is -2.26. The van der Waals surface area contributed by atoms with E-state index in [0.29, 0.717) is 5.25 Å². The fourth-order valence-electron chi connectivity index (χ4n) is 1.84. The monoisotopic (exact) mass is 200 g/mol. The summed E-state index contributed by atoms with van der Waals surface area (Å²) in [6, 6.07) is 0. The smallest absolute Gasteiger partial charge is 0.122 e. The van der Waals surface area contributed by atoms with Crippen LogP contribution in [-0.4, -0.2) is 28.8 Å². The van der Waals surface area contributed by atoms with Gasteiger partial charge in [-0.05, 0) is 24.7 Å². The Bertz CT molecular complexity index is 197. The van der Waals surface area contributed by atoms with Crippen LogP contribution in [0.25, 0.3) is 0 Å². The van der Waals surface area contributed by atoms with E-state index >= 15 is 0 Å². The molecular weight excluding hydrogens is 184 g/mol. The molecule has 0 saturated carbocycles. The molecule has 0 amide bonds. The molecule has 2 rings (SSSR count). The zero-order valence-electron chi connectivity index (χ0n) is 7.74. The number of aliphatic hydroxyl groups excluding tert-OH is 1. The van der Waals surface area contributed by atoms with Crippen molar-refractivity contribution in [1.29, 1.82) is 0 Å². The summed E-state index contributed by atoms with van der Waals surface area (Å²) in [4.78, 5) is 0. The highest BCUT2D eigenvalue weighted by molar-refractivity contribution is 8.00. The number of ether oxygens (including phenoxy) is 1. The van der Waals surface area contributed by atoms with Gasteiger partial charge < -0.3 is 9.84 Å². The number of hydrogen-bond donors (Lipinski definition) is 1. The minimum atomic E-state index is -0.354. The maximum Gasteiger partial charge on any atom is 0.122 e. The molecule has 3 heteroatoms. The van der Waals surface area contributed by atoms with Gasteiger partial charge in [-0.1, -0.05) is 6.42 Å². The van der Waals surface area contributed by atoms with Gasteiger partial charge >= 0.3 is 0 Å². The third-order valence-corrected chi connectivity index (χ3v) is 4.04. The van der Waals surface area contributed by atoms with Gasteiger partial charge in [0.25, 0.3) is 0 Å². The lowest BCUT2D eigenvalue weighted by Crippen LogP contribution is -2.27. The Morgan fingerprint density at radius 1 is 1.54 bits per heavy atom. The molecular formula is C10H16O2S. The van der Waals surface area contributed by atoms with Crippen molar-refractivity contribution in [3.05, 3.63) is 11.8 Å². The number of aliphatic hydroxyl groups is 1. The van der Waals surface area contributed by atoms with E-state index in [2.05, 4.69) is 0 Å². The minimum absolute atomic E-state index is 0.354. The molecule has 1 saturated heterocycles. The fourth-order valence-corrected chi connectivity index (χ4v) is 3.16. The second-order valence-electron chi connectivity index (χ2n) is 3.59. The second kappa shape index (κ2) is 4.38. The van der Waals surface area contributed by atoms with Crippen molar-refractivity contribution < 1.29 is 9.84 Å².